The molecule has 3 atom stereocenters. The van der Waals surface area contributed by atoms with Crippen LogP contribution in [0.3, 0.4) is 0 Å². The van der Waals surface area contributed by atoms with Crippen molar-refractivity contribution in [2.24, 2.45) is 11.8 Å². The summed E-state index contributed by atoms with van der Waals surface area (Å²) in [6.45, 7) is 8.01. The summed E-state index contributed by atoms with van der Waals surface area (Å²) in [6, 6.07) is 24.5. The summed E-state index contributed by atoms with van der Waals surface area (Å²) in [4.78, 5) is 18.0. The van der Waals surface area contributed by atoms with Gasteiger partial charge in [0.1, 0.15) is 0 Å². The van der Waals surface area contributed by atoms with Gasteiger partial charge in [0.15, 0.2) is 0 Å². The van der Waals surface area contributed by atoms with Crippen LogP contribution in [0.1, 0.15) is 60.2 Å². The van der Waals surface area contributed by atoms with E-state index in [9.17, 15) is 4.79 Å². The highest BCUT2D eigenvalue weighted by Crippen LogP contribution is 2.49. The lowest BCUT2D eigenvalue weighted by atomic mass is 9.59. The molecule has 2 fully saturated rings. The molecule has 0 radical (unpaired) electrons. The Balaban J connectivity index is 1.07. The van der Waals surface area contributed by atoms with Crippen LogP contribution in [0.4, 0.5) is 5.69 Å². The zero-order valence-corrected chi connectivity index (χ0v) is 24.0. The molecule has 1 unspecified atom stereocenters. The maximum absolute atomic E-state index is 13.2. The van der Waals surface area contributed by atoms with Crippen molar-refractivity contribution in [1.82, 2.24) is 10.2 Å². The van der Waals surface area contributed by atoms with Crippen LogP contribution < -0.4 is 10.2 Å². The van der Waals surface area contributed by atoms with Crippen LogP contribution in [0.5, 0.6) is 0 Å². The fourth-order valence-corrected chi connectivity index (χ4v) is 6.95. The van der Waals surface area contributed by atoms with Crippen molar-refractivity contribution in [3.8, 4) is 11.1 Å². The van der Waals surface area contributed by atoms with Gasteiger partial charge in [-0.1, -0.05) is 56.3 Å². The minimum Gasteiger partial charge on any atom is -0.378 e. The van der Waals surface area contributed by atoms with Gasteiger partial charge >= 0.3 is 0 Å². The van der Waals surface area contributed by atoms with Gasteiger partial charge in [-0.2, -0.15) is 0 Å². The average molecular weight is 522 g/mol. The highest BCUT2D eigenvalue weighted by molar-refractivity contribution is 5.94. The topological polar surface area (TPSA) is 35.6 Å². The normalized spacial score (nSPS) is 24.2. The number of fused-ring (bicyclic) bond motifs is 4. The quantitative estimate of drug-likeness (QED) is 0.376. The number of nitrogens with zero attached hydrogens (tertiary/aromatic N) is 2. The van der Waals surface area contributed by atoms with E-state index in [1.54, 1.807) is 0 Å². The first-order valence-electron chi connectivity index (χ1n) is 14.8. The molecule has 39 heavy (non-hydrogen) atoms. The monoisotopic (exact) mass is 521 g/mol. The number of carbonyl (C=O) groups excluding carboxylic acids is 1. The Kier molecular flexibility index (Phi) is 7.01. The van der Waals surface area contributed by atoms with Crippen LogP contribution in [0.2, 0.25) is 0 Å². The third-order valence-corrected chi connectivity index (χ3v) is 9.95. The number of likely N-dealkylation sites (tertiary alicyclic amines) is 1. The van der Waals surface area contributed by atoms with Crippen LogP contribution in [0.15, 0.2) is 66.7 Å². The standard InChI is InChI=1S/C35H43N3O/c1-24-33-22-29-11-12-30(21-32(29)35(24,2)18-20-38(33)23-26-5-6-26)34(39)36-19-17-25-7-9-27(10-8-25)28-13-15-31(16-14-28)37(3)4/h7-16,21,24,26,33H,5-6,17-20,22-23H2,1-4H3,(H,36,39)/t24-,33?,35-/m0/s1. The molecule has 1 aliphatic heterocycles. The summed E-state index contributed by atoms with van der Waals surface area (Å²) in [5.74, 6) is 1.59. The van der Waals surface area contributed by atoms with Crippen LogP contribution in [-0.4, -0.2) is 50.6 Å². The fourth-order valence-electron chi connectivity index (χ4n) is 6.95. The summed E-state index contributed by atoms with van der Waals surface area (Å²) in [6.07, 6.45) is 5.97. The molecule has 1 saturated carbocycles. The summed E-state index contributed by atoms with van der Waals surface area (Å²) in [5, 5.41) is 3.18. The maximum atomic E-state index is 13.2. The molecular weight excluding hydrogens is 478 g/mol. The number of piperidine rings is 1. The number of rotatable bonds is 8. The molecule has 1 heterocycles. The number of benzene rings is 3. The number of hydrogen-bond acceptors (Lipinski definition) is 3. The van der Waals surface area contributed by atoms with Gasteiger partial charge < -0.3 is 10.2 Å². The molecule has 1 saturated heterocycles. The van der Waals surface area contributed by atoms with Gasteiger partial charge in [0.05, 0.1) is 0 Å². The molecule has 2 bridgehead atoms. The van der Waals surface area contributed by atoms with E-state index in [1.807, 2.05) is 6.07 Å². The fraction of sp³-hybridized carbons (Fsp3) is 0.457. The second-order valence-electron chi connectivity index (χ2n) is 12.7. The van der Waals surface area contributed by atoms with E-state index in [4.69, 9.17) is 0 Å². The molecule has 1 amide bonds. The summed E-state index contributed by atoms with van der Waals surface area (Å²) in [5.41, 5.74) is 8.70. The van der Waals surface area contributed by atoms with Gasteiger partial charge in [-0.15, -0.1) is 0 Å². The van der Waals surface area contributed by atoms with Crippen molar-refractivity contribution in [3.05, 3.63) is 89.0 Å². The van der Waals surface area contributed by atoms with Crippen molar-refractivity contribution in [3.63, 3.8) is 0 Å². The molecule has 4 heteroatoms. The van der Waals surface area contributed by atoms with Crippen molar-refractivity contribution < 1.29 is 4.79 Å². The molecule has 1 N–H and O–H groups in total. The molecule has 3 aromatic carbocycles. The lowest BCUT2D eigenvalue weighted by molar-refractivity contribution is 0.0284. The number of carbonyl (C=O) groups is 1. The van der Waals surface area contributed by atoms with Crippen LogP contribution >= 0.6 is 0 Å². The van der Waals surface area contributed by atoms with E-state index in [2.05, 4.69) is 104 Å². The van der Waals surface area contributed by atoms with Crippen molar-refractivity contribution in [1.29, 1.82) is 0 Å². The Labute approximate surface area is 234 Å². The highest BCUT2D eigenvalue weighted by Gasteiger charge is 2.49. The molecule has 4 nitrogen and oxygen atoms in total. The van der Waals surface area contributed by atoms with Gasteiger partial charge in [-0.25, -0.2) is 0 Å². The molecule has 0 aromatic heterocycles. The summed E-state index contributed by atoms with van der Waals surface area (Å²) < 4.78 is 0. The molecule has 2 aliphatic carbocycles. The molecule has 6 rings (SSSR count). The second kappa shape index (κ2) is 10.5. The van der Waals surface area contributed by atoms with Gasteiger partial charge in [-0.3, -0.25) is 9.69 Å². The molecule has 204 valence electrons. The Morgan fingerprint density at radius 1 is 1.00 bits per heavy atom. The second-order valence-corrected chi connectivity index (χ2v) is 12.7. The van der Waals surface area contributed by atoms with Gasteiger partial charge in [0.2, 0.25) is 0 Å². The first-order valence-corrected chi connectivity index (χ1v) is 14.8. The third kappa shape index (κ3) is 5.24. The predicted octanol–water partition coefficient (Wildman–Crippen LogP) is 6.33. The maximum Gasteiger partial charge on any atom is 0.251 e. The number of hydrogen-bond donors (Lipinski definition) is 1. The first-order chi connectivity index (χ1) is 18.8. The molecular formula is C35H43N3O. The SMILES string of the molecule is C[C@H]1C2Cc3ccc(C(=O)NCCc4ccc(-c5ccc(N(C)C)cc5)cc4)cc3[C@@]1(C)CCN2CC1CC1. The van der Waals surface area contributed by atoms with Gasteiger partial charge in [0.25, 0.3) is 5.91 Å². The Morgan fingerprint density at radius 3 is 2.36 bits per heavy atom. The summed E-state index contributed by atoms with van der Waals surface area (Å²) in [7, 11) is 4.12. The van der Waals surface area contributed by atoms with Crippen molar-refractivity contribution in [2.75, 3.05) is 38.6 Å². The summed E-state index contributed by atoms with van der Waals surface area (Å²) >= 11 is 0. The predicted molar refractivity (Wildman–Crippen MR) is 162 cm³/mol. The zero-order valence-electron chi connectivity index (χ0n) is 24.0. The molecule has 3 aliphatic rings. The smallest absolute Gasteiger partial charge is 0.251 e. The minimum atomic E-state index is 0.0416. The lowest BCUT2D eigenvalue weighted by Crippen LogP contribution is -2.58. The molecule has 3 aromatic rings. The van der Waals surface area contributed by atoms with Gasteiger partial charge in [0, 0.05) is 44.5 Å². The van der Waals surface area contributed by atoms with Crippen LogP contribution in [-0.2, 0) is 18.3 Å². The lowest BCUT2D eigenvalue weighted by Gasteiger charge is -2.55. The van der Waals surface area contributed by atoms with E-state index in [-0.39, 0.29) is 11.3 Å². The van der Waals surface area contributed by atoms with E-state index >= 15 is 0 Å². The van der Waals surface area contributed by atoms with Crippen LogP contribution in [0.25, 0.3) is 11.1 Å². The van der Waals surface area contributed by atoms with E-state index < -0.39 is 0 Å². The first kappa shape index (κ1) is 26.1. The van der Waals surface area contributed by atoms with E-state index in [1.165, 1.54) is 65.9 Å². The van der Waals surface area contributed by atoms with Gasteiger partial charge in [-0.05, 0) is 108 Å². The Hall–Kier alpha value is -3.11. The zero-order chi connectivity index (χ0) is 27.1. The van der Waals surface area contributed by atoms with E-state index in [0.29, 0.717) is 18.5 Å². The van der Waals surface area contributed by atoms with Crippen molar-refractivity contribution in [2.45, 2.75) is 57.4 Å². The number of anilines is 1. The Bertz CT molecular complexity index is 1330. The Morgan fingerprint density at radius 2 is 1.69 bits per heavy atom. The number of nitrogens with one attached hydrogen (secondary N) is 1. The van der Waals surface area contributed by atoms with Crippen molar-refractivity contribution >= 4 is 11.6 Å². The number of amides is 1. The minimum absolute atomic E-state index is 0.0416. The largest absolute Gasteiger partial charge is 0.378 e. The van der Waals surface area contributed by atoms with Crippen LogP contribution in [0, 0.1) is 11.8 Å². The highest BCUT2D eigenvalue weighted by atomic mass is 16.1. The molecule has 0 spiro atoms. The third-order valence-electron chi connectivity index (χ3n) is 9.95. The van der Waals surface area contributed by atoms with E-state index in [0.717, 1.165) is 24.3 Å². The average Bonchev–Trinajstić information content (AvgIpc) is 3.77.